The molecule has 0 saturated heterocycles. The van der Waals surface area contributed by atoms with Crippen LogP contribution in [0.1, 0.15) is 47.7 Å². The smallest absolute Gasteiger partial charge is 0.255 e. The van der Waals surface area contributed by atoms with Crippen molar-refractivity contribution in [2.45, 2.75) is 47.5 Å². The lowest BCUT2D eigenvalue weighted by Crippen LogP contribution is -2.49. The Morgan fingerprint density at radius 2 is 1.56 bits per heavy atom. The van der Waals surface area contributed by atoms with Gasteiger partial charge in [-0.3, -0.25) is 4.79 Å². The lowest BCUT2D eigenvalue weighted by molar-refractivity contribution is -0.113. The predicted molar refractivity (Wildman–Crippen MR) is 138 cm³/mol. The number of nitrogens with one attached hydrogen (secondary N) is 1. The summed E-state index contributed by atoms with van der Waals surface area (Å²) in [5.41, 5.74) is -1.44. The molecule has 3 aromatic carbocycles. The van der Waals surface area contributed by atoms with Gasteiger partial charge in [0.1, 0.15) is 6.10 Å². The predicted octanol–water partition coefficient (Wildman–Crippen LogP) is 5.44. The number of benzene rings is 3. The number of fused-ring (bicyclic) bond motifs is 2. The molecule has 3 N–H and O–H groups in total. The first-order valence-corrected chi connectivity index (χ1v) is 14.3. The van der Waals surface area contributed by atoms with Gasteiger partial charge < -0.3 is 15.5 Å². The summed E-state index contributed by atoms with van der Waals surface area (Å²) < 4.78 is 68.1. The van der Waals surface area contributed by atoms with Gasteiger partial charge in [-0.25, -0.2) is 21.6 Å². The molecule has 0 spiro atoms. The van der Waals surface area contributed by atoms with Crippen molar-refractivity contribution < 1.29 is 36.6 Å². The SMILES string of the molecule is O=C(Nc1cc(F)c(F)c(F)c1)c1ccc(Cl)c(S(=O)(=O)C2C3CC[C@@H]2CC(O)(C(O)c2ccccc2)C3)c1. The zero-order chi connectivity index (χ0) is 28.1. The molecule has 2 saturated carbocycles. The van der Waals surface area contributed by atoms with Crippen molar-refractivity contribution in [3.8, 4) is 0 Å². The number of carbonyl (C=O) groups is 1. The quantitative estimate of drug-likeness (QED) is 0.338. The first kappa shape index (κ1) is 27.6. The van der Waals surface area contributed by atoms with E-state index >= 15 is 0 Å². The van der Waals surface area contributed by atoms with Crippen LogP contribution in [0.4, 0.5) is 18.9 Å². The van der Waals surface area contributed by atoms with E-state index in [0.717, 1.165) is 6.07 Å². The third-order valence-corrected chi connectivity index (χ3v) is 10.7. The molecule has 0 radical (unpaired) electrons. The van der Waals surface area contributed by atoms with Crippen LogP contribution in [0.25, 0.3) is 0 Å². The lowest BCUT2D eigenvalue weighted by Gasteiger charge is -2.43. The third kappa shape index (κ3) is 5.06. The monoisotopic (exact) mass is 579 g/mol. The van der Waals surface area contributed by atoms with E-state index in [-0.39, 0.29) is 34.0 Å². The maximum absolute atomic E-state index is 13.9. The topological polar surface area (TPSA) is 104 Å². The number of halogens is 4. The van der Waals surface area contributed by atoms with Crippen molar-refractivity contribution in [3.05, 3.63) is 94.3 Å². The summed E-state index contributed by atoms with van der Waals surface area (Å²) in [5, 5.41) is 23.6. The number of aliphatic hydroxyl groups is 2. The van der Waals surface area contributed by atoms with Crippen LogP contribution in [0.15, 0.2) is 65.6 Å². The molecular formula is C28H25ClF3NO5S. The van der Waals surface area contributed by atoms with Crippen molar-refractivity contribution >= 4 is 33.0 Å². The fraction of sp³-hybridized carbons (Fsp3) is 0.321. The average molecular weight is 580 g/mol. The summed E-state index contributed by atoms with van der Waals surface area (Å²) in [7, 11) is -4.09. The van der Waals surface area contributed by atoms with E-state index in [1.807, 2.05) is 0 Å². The molecule has 2 aliphatic rings. The van der Waals surface area contributed by atoms with Gasteiger partial charge in [0.05, 0.1) is 20.8 Å². The highest BCUT2D eigenvalue weighted by Gasteiger charge is 2.56. The van der Waals surface area contributed by atoms with Gasteiger partial charge >= 0.3 is 0 Å². The van der Waals surface area contributed by atoms with Gasteiger partial charge in [0.15, 0.2) is 27.3 Å². The molecular weight excluding hydrogens is 555 g/mol. The second kappa shape index (κ2) is 10.2. The Balaban J connectivity index is 1.40. The Bertz CT molecular complexity index is 1500. The number of aliphatic hydroxyl groups excluding tert-OH is 1. The number of hydrogen-bond donors (Lipinski definition) is 3. The van der Waals surface area contributed by atoms with Gasteiger partial charge in [-0.2, -0.15) is 0 Å². The number of hydrogen-bond acceptors (Lipinski definition) is 5. The van der Waals surface area contributed by atoms with Crippen LogP contribution in [-0.2, 0) is 9.84 Å². The Labute approximate surface area is 228 Å². The van der Waals surface area contributed by atoms with Crippen molar-refractivity contribution in [3.63, 3.8) is 0 Å². The van der Waals surface area contributed by atoms with Crippen LogP contribution in [0, 0.1) is 29.3 Å². The van der Waals surface area contributed by atoms with Crippen molar-refractivity contribution in [1.29, 1.82) is 0 Å². The molecule has 0 heterocycles. The van der Waals surface area contributed by atoms with E-state index in [4.69, 9.17) is 11.6 Å². The van der Waals surface area contributed by atoms with E-state index < -0.39 is 62.0 Å². The summed E-state index contributed by atoms with van der Waals surface area (Å²) in [4.78, 5) is 12.5. The van der Waals surface area contributed by atoms with Gasteiger partial charge in [0.2, 0.25) is 0 Å². The molecule has 206 valence electrons. The van der Waals surface area contributed by atoms with Gasteiger partial charge in [-0.15, -0.1) is 0 Å². The molecule has 5 atom stereocenters. The fourth-order valence-corrected chi connectivity index (χ4v) is 8.93. The largest absolute Gasteiger partial charge is 0.387 e. The number of amides is 1. The minimum Gasteiger partial charge on any atom is -0.387 e. The van der Waals surface area contributed by atoms with Gasteiger partial charge in [-0.1, -0.05) is 41.9 Å². The second-order valence-corrected chi connectivity index (χ2v) is 12.8. The van der Waals surface area contributed by atoms with E-state index in [0.29, 0.717) is 30.5 Å². The lowest BCUT2D eigenvalue weighted by atomic mass is 9.73. The van der Waals surface area contributed by atoms with E-state index in [1.54, 1.807) is 30.3 Å². The van der Waals surface area contributed by atoms with Crippen LogP contribution >= 0.6 is 11.6 Å². The first-order chi connectivity index (χ1) is 18.4. The van der Waals surface area contributed by atoms with Crippen molar-refractivity contribution in [1.82, 2.24) is 0 Å². The van der Waals surface area contributed by atoms with E-state index in [9.17, 15) is 36.6 Å². The summed E-state index contributed by atoms with van der Waals surface area (Å²) in [6.45, 7) is 0. The zero-order valence-corrected chi connectivity index (χ0v) is 22.0. The molecule has 1 amide bonds. The Morgan fingerprint density at radius 3 is 2.15 bits per heavy atom. The Kier molecular flexibility index (Phi) is 7.26. The number of rotatable bonds is 6. The highest BCUT2D eigenvalue weighted by atomic mass is 35.5. The maximum atomic E-state index is 13.9. The molecule has 3 aromatic rings. The van der Waals surface area contributed by atoms with Crippen LogP contribution in [-0.4, -0.2) is 35.4 Å². The minimum absolute atomic E-state index is 0.0724. The third-order valence-electron chi connectivity index (χ3n) is 7.79. The second-order valence-electron chi connectivity index (χ2n) is 10.3. The van der Waals surface area contributed by atoms with Gasteiger partial charge in [0, 0.05) is 23.4 Å². The number of sulfone groups is 1. The standard InChI is InChI=1S/C28H25ClF3NO5S/c29-20-9-8-16(27(35)33-19-11-21(30)24(32)22(31)12-19)10-23(20)39(37,38)25-17-6-7-18(25)14-28(36,13-17)26(34)15-4-2-1-3-5-15/h1-5,8-12,17-18,25-26,34,36H,6-7,13-14H2,(H,33,35)/t17-,18?,25?,26?,28?/m1/s1. The molecule has 11 heteroatoms. The normalized spacial score (nSPS) is 25.3. The number of carbonyl (C=O) groups excluding carboxylic acids is 1. The molecule has 2 aliphatic carbocycles. The molecule has 39 heavy (non-hydrogen) atoms. The van der Waals surface area contributed by atoms with Crippen molar-refractivity contribution in [2.24, 2.45) is 11.8 Å². The Hall–Kier alpha value is -2.92. The summed E-state index contributed by atoms with van der Waals surface area (Å²) >= 11 is 6.29. The first-order valence-electron chi connectivity index (χ1n) is 12.4. The summed E-state index contributed by atoms with van der Waals surface area (Å²) in [6, 6.07) is 13.5. The van der Waals surface area contributed by atoms with Gasteiger partial charge in [0.25, 0.3) is 5.91 Å². The molecule has 2 fully saturated rings. The molecule has 0 aliphatic heterocycles. The van der Waals surface area contributed by atoms with Crippen LogP contribution < -0.4 is 5.32 Å². The molecule has 5 rings (SSSR count). The van der Waals surface area contributed by atoms with E-state index in [1.165, 1.54) is 12.1 Å². The van der Waals surface area contributed by atoms with Crippen LogP contribution in [0.5, 0.6) is 0 Å². The Morgan fingerprint density at radius 1 is 0.974 bits per heavy atom. The minimum atomic E-state index is -4.09. The highest BCUT2D eigenvalue weighted by Crippen LogP contribution is 2.54. The van der Waals surface area contributed by atoms with E-state index in [2.05, 4.69) is 5.32 Å². The highest BCUT2D eigenvalue weighted by molar-refractivity contribution is 7.92. The van der Waals surface area contributed by atoms with Crippen LogP contribution in [0.3, 0.4) is 0 Å². The van der Waals surface area contributed by atoms with Gasteiger partial charge in [-0.05, 0) is 61.3 Å². The number of anilines is 1. The van der Waals surface area contributed by atoms with Crippen molar-refractivity contribution in [2.75, 3.05) is 5.32 Å². The molecule has 2 bridgehead atoms. The molecule has 0 aromatic heterocycles. The zero-order valence-electron chi connectivity index (χ0n) is 20.5. The fourth-order valence-electron chi connectivity index (χ4n) is 6.09. The average Bonchev–Trinajstić information content (AvgIpc) is 3.20. The molecule has 4 unspecified atom stereocenters. The summed E-state index contributed by atoms with van der Waals surface area (Å²) in [6.07, 6.45) is 0.0453. The molecule has 6 nitrogen and oxygen atoms in total. The maximum Gasteiger partial charge on any atom is 0.255 e. The summed E-state index contributed by atoms with van der Waals surface area (Å²) in [5.74, 6) is -6.44. The van der Waals surface area contributed by atoms with Crippen LogP contribution in [0.2, 0.25) is 5.02 Å².